The standard InChI is InChI=1S/C28H20ClFN2O2S/c1-34-26-14-23(19-8-5-9-21(30)12-19)24(29)15-25(26)32-27(33)11-10-20-13-22(16-31-28(20)32)35-17-18-6-3-2-4-7-18/h2-16H,17H2,1H3. The molecule has 4 nitrogen and oxygen atoms in total. The molecule has 0 N–H and O–H groups in total. The monoisotopic (exact) mass is 502 g/mol. The summed E-state index contributed by atoms with van der Waals surface area (Å²) in [5.41, 5.74) is 3.14. The lowest BCUT2D eigenvalue weighted by Gasteiger charge is -2.16. The van der Waals surface area contributed by atoms with Crippen LogP contribution in [0.1, 0.15) is 5.56 Å². The molecule has 0 saturated carbocycles. The van der Waals surface area contributed by atoms with Gasteiger partial charge in [0.15, 0.2) is 0 Å². The molecule has 0 unspecified atom stereocenters. The Morgan fingerprint density at radius 3 is 2.60 bits per heavy atom. The second-order valence-electron chi connectivity index (χ2n) is 7.88. The van der Waals surface area contributed by atoms with Gasteiger partial charge in [0, 0.05) is 33.9 Å². The Bertz CT molecular complexity index is 1590. The number of rotatable bonds is 6. The van der Waals surface area contributed by atoms with Crippen LogP contribution in [0.4, 0.5) is 4.39 Å². The molecule has 0 saturated heterocycles. The molecule has 5 rings (SSSR count). The Balaban J connectivity index is 1.57. The molecule has 3 aromatic carbocycles. The number of benzene rings is 3. The van der Waals surface area contributed by atoms with Crippen molar-refractivity contribution in [2.24, 2.45) is 0 Å². The summed E-state index contributed by atoms with van der Waals surface area (Å²) in [4.78, 5) is 18.6. The predicted octanol–water partition coefficient (Wildman–Crippen LogP) is 7.15. The second kappa shape index (κ2) is 9.94. The molecule has 35 heavy (non-hydrogen) atoms. The minimum absolute atomic E-state index is 0.262. The summed E-state index contributed by atoms with van der Waals surface area (Å²) < 4.78 is 20.9. The first-order chi connectivity index (χ1) is 17.0. The smallest absolute Gasteiger partial charge is 0.256 e. The van der Waals surface area contributed by atoms with Crippen molar-refractivity contribution in [2.75, 3.05) is 7.11 Å². The van der Waals surface area contributed by atoms with Crippen molar-refractivity contribution >= 4 is 34.4 Å². The van der Waals surface area contributed by atoms with Crippen LogP contribution in [0.25, 0.3) is 27.8 Å². The van der Waals surface area contributed by atoms with E-state index >= 15 is 0 Å². The lowest BCUT2D eigenvalue weighted by Crippen LogP contribution is -2.19. The Labute approximate surface area is 211 Å². The number of fused-ring (bicyclic) bond motifs is 1. The lowest BCUT2D eigenvalue weighted by molar-refractivity contribution is 0.413. The van der Waals surface area contributed by atoms with Crippen LogP contribution < -0.4 is 10.3 Å². The van der Waals surface area contributed by atoms with E-state index < -0.39 is 0 Å². The van der Waals surface area contributed by atoms with Gasteiger partial charge in [-0.1, -0.05) is 54.1 Å². The molecule has 0 aliphatic rings. The number of nitrogens with zero attached hydrogens (tertiary/aromatic N) is 2. The molecule has 2 heterocycles. The van der Waals surface area contributed by atoms with E-state index in [9.17, 15) is 9.18 Å². The lowest BCUT2D eigenvalue weighted by atomic mass is 10.0. The van der Waals surface area contributed by atoms with Gasteiger partial charge < -0.3 is 4.74 Å². The summed E-state index contributed by atoms with van der Waals surface area (Å²) >= 11 is 8.28. The zero-order chi connectivity index (χ0) is 24.4. The van der Waals surface area contributed by atoms with Crippen molar-refractivity contribution < 1.29 is 9.13 Å². The van der Waals surface area contributed by atoms with Gasteiger partial charge in [0.2, 0.25) is 0 Å². The van der Waals surface area contributed by atoms with E-state index in [2.05, 4.69) is 17.1 Å². The van der Waals surface area contributed by atoms with Crippen LogP contribution in [-0.2, 0) is 5.75 Å². The first-order valence-electron chi connectivity index (χ1n) is 10.9. The number of halogens is 2. The van der Waals surface area contributed by atoms with Gasteiger partial charge in [-0.25, -0.2) is 9.37 Å². The van der Waals surface area contributed by atoms with Crippen molar-refractivity contribution in [3.63, 3.8) is 0 Å². The highest BCUT2D eigenvalue weighted by Gasteiger charge is 2.17. The van der Waals surface area contributed by atoms with E-state index in [0.717, 1.165) is 16.0 Å². The first kappa shape index (κ1) is 23.1. The molecule has 0 aliphatic heterocycles. The van der Waals surface area contributed by atoms with Crippen molar-refractivity contribution in [1.82, 2.24) is 9.55 Å². The van der Waals surface area contributed by atoms with E-state index in [0.29, 0.717) is 33.2 Å². The Morgan fingerprint density at radius 1 is 1.00 bits per heavy atom. The van der Waals surface area contributed by atoms with Crippen LogP contribution >= 0.6 is 23.4 Å². The highest BCUT2D eigenvalue weighted by Crippen LogP contribution is 2.37. The average Bonchev–Trinajstić information content (AvgIpc) is 2.88. The highest BCUT2D eigenvalue weighted by atomic mass is 35.5. The summed E-state index contributed by atoms with van der Waals surface area (Å²) in [6.45, 7) is 0. The van der Waals surface area contributed by atoms with Crippen LogP contribution in [-0.4, -0.2) is 16.7 Å². The molecule has 7 heteroatoms. The number of aromatic nitrogens is 2. The topological polar surface area (TPSA) is 44.1 Å². The van der Waals surface area contributed by atoms with Gasteiger partial charge >= 0.3 is 0 Å². The fourth-order valence-electron chi connectivity index (χ4n) is 3.91. The maximum atomic E-state index is 13.8. The summed E-state index contributed by atoms with van der Waals surface area (Å²) in [5, 5.41) is 1.18. The maximum absolute atomic E-state index is 13.8. The first-order valence-corrected chi connectivity index (χ1v) is 12.2. The summed E-state index contributed by atoms with van der Waals surface area (Å²) in [5.74, 6) is 0.878. The van der Waals surface area contributed by atoms with E-state index in [-0.39, 0.29) is 11.4 Å². The number of thioether (sulfide) groups is 1. The molecule has 0 bridgehead atoms. The quantitative estimate of drug-likeness (QED) is 0.231. The molecular weight excluding hydrogens is 483 g/mol. The van der Waals surface area contributed by atoms with Crippen LogP contribution in [0.3, 0.4) is 0 Å². The Hall–Kier alpha value is -3.61. The zero-order valence-electron chi connectivity index (χ0n) is 18.7. The van der Waals surface area contributed by atoms with Crippen molar-refractivity contribution in [1.29, 1.82) is 0 Å². The number of ether oxygens (including phenoxy) is 1. The molecule has 0 spiro atoms. The third-order valence-corrected chi connectivity index (χ3v) is 6.95. The van der Waals surface area contributed by atoms with Gasteiger partial charge in [0.1, 0.15) is 17.2 Å². The van der Waals surface area contributed by atoms with Gasteiger partial charge in [-0.2, -0.15) is 0 Å². The Morgan fingerprint density at radius 2 is 1.83 bits per heavy atom. The van der Waals surface area contributed by atoms with Crippen LogP contribution in [0.2, 0.25) is 5.02 Å². The normalized spacial score (nSPS) is 11.1. The van der Waals surface area contributed by atoms with Gasteiger partial charge in [-0.15, -0.1) is 11.8 Å². The molecule has 0 fully saturated rings. The molecule has 5 aromatic rings. The maximum Gasteiger partial charge on any atom is 0.256 e. The van der Waals surface area contributed by atoms with Gasteiger partial charge in [-0.3, -0.25) is 9.36 Å². The predicted molar refractivity (Wildman–Crippen MR) is 140 cm³/mol. The molecule has 0 aliphatic carbocycles. The van der Waals surface area contributed by atoms with Crippen molar-refractivity contribution in [2.45, 2.75) is 10.6 Å². The summed E-state index contributed by atoms with van der Waals surface area (Å²) in [6.07, 6.45) is 1.76. The van der Waals surface area contributed by atoms with Crippen molar-refractivity contribution in [3.05, 3.63) is 118 Å². The van der Waals surface area contributed by atoms with E-state index in [1.807, 2.05) is 24.3 Å². The SMILES string of the molecule is COc1cc(-c2cccc(F)c2)c(Cl)cc1-n1c(=O)ccc2cc(SCc3ccccc3)cnc21. The van der Waals surface area contributed by atoms with Crippen LogP contribution in [0, 0.1) is 5.82 Å². The number of methoxy groups -OCH3 is 1. The Kier molecular flexibility index (Phi) is 6.57. The number of pyridine rings is 2. The zero-order valence-corrected chi connectivity index (χ0v) is 20.3. The van der Waals surface area contributed by atoms with Gasteiger partial charge in [0.05, 0.1) is 17.8 Å². The minimum Gasteiger partial charge on any atom is -0.495 e. The van der Waals surface area contributed by atoms with Gasteiger partial charge in [-0.05, 0) is 47.5 Å². The third kappa shape index (κ3) is 4.81. The summed E-state index contributed by atoms with van der Waals surface area (Å²) in [6, 6.07) is 25.0. The fourth-order valence-corrected chi connectivity index (χ4v) is 5.05. The summed E-state index contributed by atoms with van der Waals surface area (Å²) in [7, 11) is 1.52. The molecule has 0 atom stereocenters. The minimum atomic E-state index is -0.364. The largest absolute Gasteiger partial charge is 0.495 e. The van der Waals surface area contributed by atoms with Gasteiger partial charge in [0.25, 0.3) is 5.56 Å². The van der Waals surface area contributed by atoms with E-state index in [1.165, 1.54) is 35.4 Å². The van der Waals surface area contributed by atoms with E-state index in [1.54, 1.807) is 48.3 Å². The average molecular weight is 503 g/mol. The van der Waals surface area contributed by atoms with Crippen molar-refractivity contribution in [3.8, 4) is 22.6 Å². The third-order valence-electron chi connectivity index (χ3n) is 5.60. The molecule has 0 amide bonds. The number of hydrogen-bond donors (Lipinski definition) is 0. The molecular formula is C28H20ClFN2O2S. The number of hydrogen-bond acceptors (Lipinski definition) is 4. The highest BCUT2D eigenvalue weighted by molar-refractivity contribution is 7.98. The van der Waals surface area contributed by atoms with Crippen LogP contribution in [0.5, 0.6) is 5.75 Å². The fraction of sp³-hybridized carbons (Fsp3) is 0.0714. The van der Waals surface area contributed by atoms with Crippen LogP contribution in [0.15, 0.2) is 101 Å². The molecule has 174 valence electrons. The molecule has 0 radical (unpaired) electrons. The molecule has 2 aromatic heterocycles. The van der Waals surface area contributed by atoms with E-state index in [4.69, 9.17) is 16.3 Å². The second-order valence-corrected chi connectivity index (χ2v) is 9.34.